The highest BCUT2D eigenvalue weighted by molar-refractivity contribution is 6.34. The van der Waals surface area contributed by atoms with E-state index in [1.807, 2.05) is 49.4 Å². The van der Waals surface area contributed by atoms with Crippen molar-refractivity contribution in [2.24, 2.45) is 0 Å². The van der Waals surface area contributed by atoms with Gasteiger partial charge in [0.05, 0.1) is 17.8 Å². The summed E-state index contributed by atoms with van der Waals surface area (Å²) in [6.07, 6.45) is 3.65. The number of carbonyl (C=O) groups is 1. The molecule has 2 aromatic carbocycles. The number of para-hydroxylation sites is 1. The van der Waals surface area contributed by atoms with Crippen molar-refractivity contribution in [3.05, 3.63) is 77.3 Å². The van der Waals surface area contributed by atoms with Gasteiger partial charge in [-0.25, -0.2) is 19.7 Å². The van der Waals surface area contributed by atoms with Gasteiger partial charge in [0.2, 0.25) is 5.69 Å². The van der Waals surface area contributed by atoms with Crippen LogP contribution in [0.25, 0.3) is 11.2 Å². The molecular weight excluding hydrogens is 400 g/mol. The lowest BCUT2D eigenvalue weighted by molar-refractivity contribution is -0.339. The third-order valence-electron chi connectivity index (χ3n) is 5.26. The molecule has 0 fully saturated rings. The number of benzene rings is 2. The average Bonchev–Trinajstić information content (AvgIpc) is 3.24. The van der Waals surface area contributed by atoms with Gasteiger partial charge >= 0.3 is 5.91 Å². The molecule has 4 aromatic rings. The van der Waals surface area contributed by atoms with Crippen molar-refractivity contribution in [1.29, 1.82) is 0 Å². The molecule has 8 heteroatoms. The number of hydrogen-bond acceptors (Lipinski definition) is 5. The molecule has 1 aliphatic rings. The van der Waals surface area contributed by atoms with E-state index in [1.165, 1.54) is 6.33 Å². The molecule has 1 aliphatic heterocycles. The van der Waals surface area contributed by atoms with Crippen LogP contribution in [0.15, 0.2) is 61.2 Å². The number of hydrogen-bond donors (Lipinski definition) is 2. The van der Waals surface area contributed by atoms with E-state index in [1.54, 1.807) is 17.0 Å². The molecule has 0 unspecified atom stereocenters. The largest absolute Gasteiger partial charge is 0.427 e. The molecule has 0 bridgehead atoms. The number of halogens is 1. The Bertz CT molecular complexity index is 1300. The molecular formula is C22H18ClN6O+. The number of amides is 1. The van der Waals surface area contributed by atoms with Gasteiger partial charge in [-0.15, -0.1) is 4.58 Å². The molecule has 2 N–H and O–H groups in total. The Labute approximate surface area is 177 Å². The van der Waals surface area contributed by atoms with Crippen molar-refractivity contribution in [3.63, 3.8) is 0 Å². The van der Waals surface area contributed by atoms with Gasteiger partial charge in [-0.3, -0.25) is 0 Å². The number of carbonyl (C=O) groups excluding carboxylic acids is 1. The van der Waals surface area contributed by atoms with Crippen LogP contribution in [-0.2, 0) is 6.42 Å². The molecule has 0 radical (unpaired) electrons. The number of anilines is 1. The zero-order chi connectivity index (χ0) is 20.7. The molecule has 0 saturated heterocycles. The Morgan fingerprint density at radius 3 is 2.77 bits per heavy atom. The summed E-state index contributed by atoms with van der Waals surface area (Å²) < 4.78 is 1.74. The van der Waals surface area contributed by atoms with Crippen molar-refractivity contribution in [1.82, 2.24) is 19.9 Å². The SMILES string of the molecule is C[C@H](Nc1ncnc2[nH]cnc12)C1=[N+](c2ccccc2)C(=O)c2c(Cl)cccc2C1. The number of fused-ring (bicyclic) bond motifs is 2. The molecule has 1 atom stereocenters. The van der Waals surface area contributed by atoms with Gasteiger partial charge in [-0.2, -0.15) is 0 Å². The van der Waals surface area contributed by atoms with E-state index in [0.717, 1.165) is 17.0 Å². The van der Waals surface area contributed by atoms with Crippen LogP contribution in [-0.4, -0.2) is 42.2 Å². The molecule has 3 heterocycles. The monoisotopic (exact) mass is 417 g/mol. The van der Waals surface area contributed by atoms with Gasteiger partial charge in [-0.05, 0) is 18.6 Å². The highest BCUT2D eigenvalue weighted by atomic mass is 35.5. The first-order valence-electron chi connectivity index (χ1n) is 9.56. The summed E-state index contributed by atoms with van der Waals surface area (Å²) >= 11 is 6.40. The van der Waals surface area contributed by atoms with Gasteiger partial charge in [0.15, 0.2) is 17.2 Å². The topological polar surface area (TPSA) is 86.6 Å². The Kier molecular flexibility index (Phi) is 4.52. The second kappa shape index (κ2) is 7.35. The van der Waals surface area contributed by atoms with E-state index in [2.05, 4.69) is 25.3 Å². The summed E-state index contributed by atoms with van der Waals surface area (Å²) in [5.41, 5.74) is 4.47. The van der Waals surface area contributed by atoms with E-state index in [9.17, 15) is 4.79 Å². The lowest BCUT2D eigenvalue weighted by Gasteiger charge is -2.21. The maximum Gasteiger partial charge on any atom is 0.427 e. The Balaban J connectivity index is 1.62. The lowest BCUT2D eigenvalue weighted by atomic mass is 9.93. The smallest absolute Gasteiger partial charge is 0.356 e. The molecule has 30 heavy (non-hydrogen) atoms. The molecule has 0 spiro atoms. The Morgan fingerprint density at radius 2 is 1.93 bits per heavy atom. The van der Waals surface area contributed by atoms with Crippen molar-refractivity contribution >= 4 is 45.9 Å². The zero-order valence-electron chi connectivity index (χ0n) is 16.1. The first kappa shape index (κ1) is 18.4. The summed E-state index contributed by atoms with van der Waals surface area (Å²) in [6.45, 7) is 2.01. The van der Waals surface area contributed by atoms with Gasteiger partial charge in [0.25, 0.3) is 0 Å². The fourth-order valence-corrected chi connectivity index (χ4v) is 4.11. The summed E-state index contributed by atoms with van der Waals surface area (Å²) in [4.78, 5) is 29.3. The molecule has 148 valence electrons. The Hall–Kier alpha value is -3.58. The summed E-state index contributed by atoms with van der Waals surface area (Å²) in [5, 5.41) is 3.87. The highest BCUT2D eigenvalue weighted by Crippen LogP contribution is 2.29. The molecule has 0 aliphatic carbocycles. The van der Waals surface area contributed by atoms with Crippen molar-refractivity contribution in [2.75, 3.05) is 5.32 Å². The summed E-state index contributed by atoms with van der Waals surface area (Å²) in [5.74, 6) is 0.475. The quantitative estimate of drug-likeness (QED) is 0.490. The third-order valence-corrected chi connectivity index (χ3v) is 5.58. The van der Waals surface area contributed by atoms with E-state index in [-0.39, 0.29) is 11.9 Å². The maximum atomic E-state index is 13.5. The number of H-pyrrole nitrogens is 1. The predicted octanol–water partition coefficient (Wildman–Crippen LogP) is 3.99. The molecule has 5 rings (SSSR count). The first-order valence-corrected chi connectivity index (χ1v) is 9.94. The third kappa shape index (κ3) is 3.04. The van der Waals surface area contributed by atoms with Gasteiger partial charge in [-0.1, -0.05) is 41.9 Å². The van der Waals surface area contributed by atoms with Crippen LogP contribution in [0.3, 0.4) is 0 Å². The second-order valence-corrected chi connectivity index (χ2v) is 7.51. The first-order chi connectivity index (χ1) is 14.6. The number of aromatic amines is 1. The maximum absolute atomic E-state index is 13.5. The minimum absolute atomic E-state index is 0.135. The zero-order valence-corrected chi connectivity index (χ0v) is 16.9. The fourth-order valence-electron chi connectivity index (χ4n) is 3.84. The van der Waals surface area contributed by atoms with Crippen LogP contribution in [0.4, 0.5) is 11.5 Å². The van der Waals surface area contributed by atoms with Gasteiger partial charge in [0.1, 0.15) is 23.4 Å². The van der Waals surface area contributed by atoms with Crippen molar-refractivity contribution < 1.29 is 9.37 Å². The minimum Gasteiger partial charge on any atom is -0.356 e. The predicted molar refractivity (Wildman–Crippen MR) is 116 cm³/mol. The normalized spacial score (nSPS) is 14.7. The van der Waals surface area contributed by atoms with E-state index in [4.69, 9.17) is 11.6 Å². The molecule has 1 amide bonds. The number of nitrogens with one attached hydrogen (secondary N) is 2. The second-order valence-electron chi connectivity index (χ2n) is 7.11. The summed E-state index contributed by atoms with van der Waals surface area (Å²) in [7, 11) is 0. The van der Waals surface area contributed by atoms with Crippen LogP contribution < -0.4 is 5.32 Å². The number of imidazole rings is 1. The minimum atomic E-state index is -0.198. The van der Waals surface area contributed by atoms with Gasteiger partial charge < -0.3 is 10.3 Å². The highest BCUT2D eigenvalue weighted by Gasteiger charge is 2.39. The molecule has 0 saturated carbocycles. The van der Waals surface area contributed by atoms with Crippen molar-refractivity contribution in [2.45, 2.75) is 19.4 Å². The van der Waals surface area contributed by atoms with Gasteiger partial charge in [0, 0.05) is 12.1 Å². The lowest BCUT2D eigenvalue weighted by Crippen LogP contribution is -2.41. The van der Waals surface area contributed by atoms with E-state index >= 15 is 0 Å². The van der Waals surface area contributed by atoms with Crippen LogP contribution >= 0.6 is 11.6 Å². The van der Waals surface area contributed by atoms with E-state index in [0.29, 0.717) is 34.0 Å². The van der Waals surface area contributed by atoms with Crippen LogP contribution in [0, 0.1) is 0 Å². The summed E-state index contributed by atoms with van der Waals surface area (Å²) in [6, 6.07) is 15.0. The number of rotatable bonds is 4. The van der Waals surface area contributed by atoms with Crippen molar-refractivity contribution in [3.8, 4) is 0 Å². The van der Waals surface area contributed by atoms with Crippen LogP contribution in [0.2, 0.25) is 5.02 Å². The average molecular weight is 418 g/mol. The molecule has 7 nitrogen and oxygen atoms in total. The number of nitrogens with zero attached hydrogens (tertiary/aromatic N) is 4. The standard InChI is InChI=1S/C22H18ClN6O/c1-13(28-21-19-20(25-11-24-19)26-12-27-21)17-10-14-6-5-9-16(23)18(14)22(30)29(17)15-7-3-2-4-8-15/h2-9,11-13H,10H2,1H3,(H2,24,25,26,27,28)/q+1/t13-/m0/s1. The molecule has 2 aromatic heterocycles. The Morgan fingerprint density at radius 1 is 1.10 bits per heavy atom. The fraction of sp³-hybridized carbons (Fsp3) is 0.136. The number of aromatic nitrogens is 4. The van der Waals surface area contributed by atoms with Crippen LogP contribution in [0.1, 0.15) is 22.8 Å². The van der Waals surface area contributed by atoms with E-state index < -0.39 is 0 Å². The van der Waals surface area contributed by atoms with Crippen LogP contribution in [0.5, 0.6) is 0 Å².